The summed E-state index contributed by atoms with van der Waals surface area (Å²) < 4.78 is 21.6. The third-order valence-electron chi connectivity index (χ3n) is 4.45. The molecule has 28 heavy (non-hydrogen) atoms. The highest BCUT2D eigenvalue weighted by Crippen LogP contribution is 2.47. The zero-order chi connectivity index (χ0) is 21.1. The van der Waals surface area contributed by atoms with E-state index in [9.17, 15) is 19.5 Å². The zero-order valence-corrected chi connectivity index (χ0v) is 18.4. The number of ether oxygens (including phenoxy) is 4. The summed E-state index contributed by atoms with van der Waals surface area (Å²) in [5.74, 6) is -2.17. The molecule has 1 aliphatic carbocycles. The molecule has 0 amide bonds. The molecule has 4 atom stereocenters. The third kappa shape index (κ3) is 5.05. The smallest absolute Gasteiger partial charge is 0.309 e. The Kier molecular flexibility index (Phi) is 7.49. The minimum Gasteiger partial charge on any atom is -0.461 e. The van der Waals surface area contributed by atoms with Gasteiger partial charge in [0.2, 0.25) is 0 Å². The highest BCUT2D eigenvalue weighted by Gasteiger charge is 2.58. The molecule has 0 bridgehead atoms. The summed E-state index contributed by atoms with van der Waals surface area (Å²) in [4.78, 5) is 34.9. The molecule has 1 heterocycles. The second-order valence-electron chi connectivity index (χ2n) is 7.27. The minimum atomic E-state index is -1.54. The van der Waals surface area contributed by atoms with Gasteiger partial charge in [-0.25, -0.2) is 0 Å². The first-order valence-corrected chi connectivity index (χ1v) is 10.5. The molecule has 0 spiro atoms. The van der Waals surface area contributed by atoms with Gasteiger partial charge in [0, 0.05) is 30.3 Å². The fourth-order valence-corrected chi connectivity index (χ4v) is 4.13. The van der Waals surface area contributed by atoms with Crippen molar-refractivity contribution in [3.05, 3.63) is 23.5 Å². The molecule has 0 aromatic rings. The summed E-state index contributed by atoms with van der Waals surface area (Å²) in [5.41, 5.74) is -0.463. The number of esters is 3. The summed E-state index contributed by atoms with van der Waals surface area (Å²) in [6, 6.07) is 0. The van der Waals surface area contributed by atoms with Gasteiger partial charge in [0.25, 0.3) is 6.29 Å². The molecule has 2 aliphatic rings. The summed E-state index contributed by atoms with van der Waals surface area (Å²) in [6.07, 6.45) is 1.12. The first kappa shape index (κ1) is 22.7. The lowest BCUT2D eigenvalue weighted by molar-refractivity contribution is -0.202. The predicted molar refractivity (Wildman–Crippen MR) is 106 cm³/mol. The van der Waals surface area contributed by atoms with Crippen molar-refractivity contribution in [1.82, 2.24) is 0 Å². The molecule has 0 saturated heterocycles. The van der Waals surface area contributed by atoms with Crippen molar-refractivity contribution >= 4 is 40.5 Å². The minimum absolute atomic E-state index is 0.0750. The highest BCUT2D eigenvalue weighted by atomic mass is 127. The van der Waals surface area contributed by atoms with Gasteiger partial charge >= 0.3 is 17.9 Å². The number of aliphatic hydroxyl groups is 1. The van der Waals surface area contributed by atoms with E-state index in [1.54, 1.807) is 6.08 Å². The molecule has 2 rings (SSSR count). The van der Waals surface area contributed by atoms with Crippen molar-refractivity contribution in [3.63, 3.8) is 0 Å². The molecule has 0 aromatic carbocycles. The standard InChI is InChI=1S/C19H25IO8/c1-10(2)5-16(23)28-18-17-14(13(8-26-18)7-25-11(3)21)6-15(27-12(4)22)19(17,24)9-20/h6,8,10,15,17-18,24H,5,7,9H2,1-4H3. The van der Waals surface area contributed by atoms with Crippen LogP contribution >= 0.6 is 22.6 Å². The largest absolute Gasteiger partial charge is 0.461 e. The Morgan fingerprint density at radius 1 is 1.25 bits per heavy atom. The summed E-state index contributed by atoms with van der Waals surface area (Å²) in [5, 5.41) is 11.3. The molecule has 9 heteroatoms. The Morgan fingerprint density at radius 2 is 1.93 bits per heavy atom. The molecule has 0 radical (unpaired) electrons. The number of rotatable bonds is 7. The molecule has 0 fully saturated rings. The van der Waals surface area contributed by atoms with Crippen LogP contribution in [-0.4, -0.2) is 52.0 Å². The number of carbonyl (C=O) groups excluding carboxylic acids is 3. The van der Waals surface area contributed by atoms with Crippen molar-refractivity contribution in [2.45, 2.75) is 52.1 Å². The number of hydrogen-bond acceptors (Lipinski definition) is 8. The van der Waals surface area contributed by atoms with E-state index in [0.717, 1.165) is 0 Å². The molecule has 156 valence electrons. The van der Waals surface area contributed by atoms with Gasteiger partial charge < -0.3 is 24.1 Å². The van der Waals surface area contributed by atoms with E-state index in [-0.39, 0.29) is 23.4 Å². The molecule has 0 saturated carbocycles. The normalized spacial score (nSPS) is 28.6. The van der Waals surface area contributed by atoms with Crippen molar-refractivity contribution in [2.24, 2.45) is 11.8 Å². The van der Waals surface area contributed by atoms with Gasteiger partial charge in [0.1, 0.15) is 12.2 Å². The maximum Gasteiger partial charge on any atom is 0.309 e. The predicted octanol–water partition coefficient (Wildman–Crippen LogP) is 2.03. The van der Waals surface area contributed by atoms with E-state index < -0.39 is 41.8 Å². The number of carbonyl (C=O) groups is 3. The van der Waals surface area contributed by atoms with Crippen molar-refractivity contribution in [3.8, 4) is 0 Å². The zero-order valence-electron chi connectivity index (χ0n) is 16.3. The first-order chi connectivity index (χ1) is 13.1. The topological polar surface area (TPSA) is 108 Å². The maximum absolute atomic E-state index is 12.2. The lowest BCUT2D eigenvalue weighted by atomic mass is 9.83. The maximum atomic E-state index is 12.2. The summed E-state index contributed by atoms with van der Waals surface area (Å²) in [6.45, 7) is 6.23. The van der Waals surface area contributed by atoms with Crippen LogP contribution in [-0.2, 0) is 33.3 Å². The van der Waals surface area contributed by atoms with Crippen LogP contribution < -0.4 is 0 Å². The molecule has 8 nitrogen and oxygen atoms in total. The fraction of sp³-hybridized carbons (Fsp3) is 0.632. The summed E-state index contributed by atoms with van der Waals surface area (Å²) in [7, 11) is 0. The average Bonchev–Trinajstić information content (AvgIpc) is 2.86. The van der Waals surface area contributed by atoms with Crippen molar-refractivity contribution in [2.75, 3.05) is 11.0 Å². The van der Waals surface area contributed by atoms with Crippen LogP contribution in [0.1, 0.15) is 34.1 Å². The Labute approximate surface area is 177 Å². The van der Waals surface area contributed by atoms with Crippen LogP contribution in [0.15, 0.2) is 23.5 Å². The lowest BCUT2D eigenvalue weighted by Gasteiger charge is -2.39. The summed E-state index contributed by atoms with van der Waals surface area (Å²) >= 11 is 1.98. The van der Waals surface area contributed by atoms with Crippen LogP contribution in [0.3, 0.4) is 0 Å². The van der Waals surface area contributed by atoms with E-state index in [1.807, 2.05) is 36.4 Å². The van der Waals surface area contributed by atoms with Crippen LogP contribution in [0, 0.1) is 11.8 Å². The first-order valence-electron chi connectivity index (χ1n) is 8.93. The van der Waals surface area contributed by atoms with Gasteiger partial charge in [0.05, 0.1) is 12.2 Å². The number of alkyl halides is 1. The Balaban J connectivity index is 2.36. The average molecular weight is 508 g/mol. The molecule has 1 aliphatic heterocycles. The lowest BCUT2D eigenvalue weighted by Crippen LogP contribution is -2.53. The van der Waals surface area contributed by atoms with Gasteiger partial charge in [-0.05, 0) is 17.6 Å². The van der Waals surface area contributed by atoms with Gasteiger partial charge in [-0.2, -0.15) is 0 Å². The van der Waals surface area contributed by atoms with Gasteiger partial charge in [-0.3, -0.25) is 14.4 Å². The Hall–Kier alpha value is -1.62. The SMILES string of the molecule is CC(=O)OCC1=COC(OC(=O)CC(C)C)C2C1=CC(OC(C)=O)C2(O)CI. The molecule has 4 unspecified atom stereocenters. The van der Waals surface area contributed by atoms with Crippen molar-refractivity contribution < 1.29 is 38.4 Å². The van der Waals surface area contributed by atoms with E-state index in [2.05, 4.69) is 0 Å². The molecular formula is C19H25IO8. The van der Waals surface area contributed by atoms with E-state index in [4.69, 9.17) is 18.9 Å². The van der Waals surface area contributed by atoms with Crippen LogP contribution in [0.2, 0.25) is 0 Å². The molecule has 0 aromatic heterocycles. The molecule has 1 N–H and O–H groups in total. The number of halogens is 1. The van der Waals surface area contributed by atoms with Crippen LogP contribution in [0.4, 0.5) is 0 Å². The fourth-order valence-electron chi connectivity index (χ4n) is 3.22. The monoisotopic (exact) mass is 508 g/mol. The quantitative estimate of drug-likeness (QED) is 0.241. The third-order valence-corrected chi connectivity index (χ3v) is 5.67. The van der Waals surface area contributed by atoms with Crippen molar-refractivity contribution in [1.29, 1.82) is 0 Å². The van der Waals surface area contributed by atoms with Crippen LogP contribution in [0.25, 0.3) is 0 Å². The number of fused-ring (bicyclic) bond motifs is 1. The highest BCUT2D eigenvalue weighted by molar-refractivity contribution is 14.1. The van der Waals surface area contributed by atoms with Gasteiger partial charge in [-0.15, -0.1) is 0 Å². The Bertz CT molecular complexity index is 698. The van der Waals surface area contributed by atoms with Crippen LogP contribution in [0.5, 0.6) is 0 Å². The van der Waals surface area contributed by atoms with Gasteiger partial charge in [-0.1, -0.05) is 36.4 Å². The van der Waals surface area contributed by atoms with E-state index in [0.29, 0.717) is 11.1 Å². The number of hydrogen-bond donors (Lipinski definition) is 1. The van der Waals surface area contributed by atoms with E-state index >= 15 is 0 Å². The molecular weight excluding hydrogens is 483 g/mol. The Morgan fingerprint density at radius 3 is 2.46 bits per heavy atom. The van der Waals surface area contributed by atoms with E-state index in [1.165, 1.54) is 20.1 Å². The second kappa shape index (κ2) is 9.25. The second-order valence-corrected chi connectivity index (χ2v) is 8.03. The van der Waals surface area contributed by atoms with Gasteiger partial charge in [0.15, 0.2) is 6.10 Å².